The monoisotopic (exact) mass is 238 g/mol. The summed E-state index contributed by atoms with van der Waals surface area (Å²) in [7, 11) is 0. The van der Waals surface area contributed by atoms with Crippen LogP contribution < -0.4 is 0 Å². The number of rotatable bonds is 2. The molecule has 2 nitrogen and oxygen atoms in total. The third-order valence-corrected chi connectivity index (χ3v) is 5.74. The predicted octanol–water partition coefficient (Wildman–Crippen LogP) is 2.52. The molecule has 0 aliphatic heterocycles. The van der Waals surface area contributed by atoms with E-state index in [1.807, 2.05) is 0 Å². The van der Waals surface area contributed by atoms with Crippen molar-refractivity contribution in [3.8, 4) is 0 Å². The van der Waals surface area contributed by atoms with Crippen molar-refractivity contribution in [3.63, 3.8) is 0 Å². The summed E-state index contributed by atoms with van der Waals surface area (Å²) in [5.41, 5.74) is -0.460. The Labute approximate surface area is 100 Å². The first-order valence-electron chi connectivity index (χ1n) is 6.10. The highest BCUT2D eigenvalue weighted by atomic mass is 32.2. The van der Waals surface area contributed by atoms with Gasteiger partial charge in [-0.3, -0.25) is 4.79 Å². The molecule has 4 bridgehead atoms. The molecule has 0 amide bonds. The molecule has 3 heteroatoms. The highest BCUT2D eigenvalue weighted by molar-refractivity contribution is 8.15. The van der Waals surface area contributed by atoms with E-state index in [0.29, 0.717) is 11.8 Å². The van der Waals surface area contributed by atoms with Gasteiger partial charge < -0.3 is 5.11 Å². The topological polar surface area (TPSA) is 37.3 Å². The maximum Gasteiger partial charge on any atom is 0.212 e. The third-order valence-electron chi connectivity index (χ3n) is 4.46. The molecule has 4 rings (SSSR count). The van der Waals surface area contributed by atoms with E-state index in [1.165, 1.54) is 24.3 Å². The molecule has 0 saturated heterocycles. The molecule has 2 atom stereocenters. The summed E-state index contributed by atoms with van der Waals surface area (Å²) in [6.45, 7) is 3.54. The number of aliphatic hydroxyl groups is 1. The molecule has 1 N–H and O–H groups in total. The molecule has 0 aromatic heterocycles. The van der Waals surface area contributed by atoms with Crippen molar-refractivity contribution in [1.82, 2.24) is 0 Å². The fraction of sp³-hybridized carbons (Fsp3) is 0.769. The molecule has 16 heavy (non-hydrogen) atoms. The molecule has 0 spiro atoms. The van der Waals surface area contributed by atoms with Crippen LogP contribution in [-0.2, 0) is 4.79 Å². The second-order valence-electron chi connectivity index (χ2n) is 5.99. The lowest BCUT2D eigenvalue weighted by Crippen LogP contribution is -2.57. The van der Waals surface area contributed by atoms with Crippen molar-refractivity contribution < 1.29 is 9.90 Å². The Balaban J connectivity index is 1.86. The van der Waals surface area contributed by atoms with Crippen LogP contribution in [0, 0.1) is 11.8 Å². The van der Waals surface area contributed by atoms with E-state index in [9.17, 15) is 9.90 Å². The summed E-state index contributed by atoms with van der Waals surface area (Å²) < 4.78 is 0.0319. The largest absolute Gasteiger partial charge is 0.390 e. The van der Waals surface area contributed by atoms with E-state index in [2.05, 4.69) is 6.58 Å². The van der Waals surface area contributed by atoms with Crippen molar-refractivity contribution in [2.24, 2.45) is 11.8 Å². The van der Waals surface area contributed by atoms with Crippen molar-refractivity contribution in [2.45, 2.75) is 48.9 Å². The zero-order chi connectivity index (χ0) is 11.4. The summed E-state index contributed by atoms with van der Waals surface area (Å²) in [4.78, 5) is 11.6. The normalized spacial score (nSPS) is 49.3. The lowest BCUT2D eigenvalue weighted by molar-refractivity contribution is -0.115. The SMILES string of the molecule is C=CC(=O)SC12CC3CC(CC(O)(C3)C1)C2. The van der Waals surface area contributed by atoms with Gasteiger partial charge in [0.05, 0.1) is 5.60 Å². The molecule has 2 unspecified atom stereocenters. The lowest BCUT2D eigenvalue weighted by Gasteiger charge is -2.59. The molecule has 0 aromatic carbocycles. The summed E-state index contributed by atoms with van der Waals surface area (Å²) in [5.74, 6) is 1.30. The lowest BCUT2D eigenvalue weighted by atomic mass is 9.54. The van der Waals surface area contributed by atoms with E-state index in [0.717, 1.165) is 32.1 Å². The van der Waals surface area contributed by atoms with Gasteiger partial charge >= 0.3 is 0 Å². The second-order valence-corrected chi connectivity index (χ2v) is 7.47. The first-order chi connectivity index (χ1) is 7.53. The van der Waals surface area contributed by atoms with E-state index in [4.69, 9.17) is 0 Å². The Morgan fingerprint density at radius 3 is 2.44 bits per heavy atom. The average molecular weight is 238 g/mol. The van der Waals surface area contributed by atoms with E-state index >= 15 is 0 Å². The van der Waals surface area contributed by atoms with Gasteiger partial charge in [0.2, 0.25) is 5.12 Å². The van der Waals surface area contributed by atoms with E-state index < -0.39 is 5.60 Å². The minimum Gasteiger partial charge on any atom is -0.390 e. The van der Waals surface area contributed by atoms with Gasteiger partial charge in [-0.1, -0.05) is 18.3 Å². The molecule has 4 aliphatic rings. The van der Waals surface area contributed by atoms with E-state index in [1.54, 1.807) is 0 Å². The number of thioether (sulfide) groups is 1. The first kappa shape index (κ1) is 10.8. The van der Waals surface area contributed by atoms with Crippen molar-refractivity contribution in [1.29, 1.82) is 0 Å². The quantitative estimate of drug-likeness (QED) is 0.751. The number of hydrogen-bond donors (Lipinski definition) is 1. The summed E-state index contributed by atoms with van der Waals surface area (Å²) in [5, 5.41) is 10.6. The summed E-state index contributed by atoms with van der Waals surface area (Å²) in [6.07, 6.45) is 7.67. The van der Waals surface area contributed by atoms with Crippen LogP contribution in [0.4, 0.5) is 0 Å². The summed E-state index contributed by atoms with van der Waals surface area (Å²) >= 11 is 1.44. The van der Waals surface area contributed by atoms with Crippen LogP contribution in [0.1, 0.15) is 38.5 Å². The molecule has 88 valence electrons. The van der Waals surface area contributed by atoms with Crippen LogP contribution in [0.15, 0.2) is 12.7 Å². The molecule has 4 aliphatic carbocycles. The Morgan fingerprint density at radius 1 is 1.31 bits per heavy atom. The van der Waals surface area contributed by atoms with Crippen molar-refractivity contribution >= 4 is 16.9 Å². The van der Waals surface area contributed by atoms with Gasteiger partial charge in [0.1, 0.15) is 0 Å². The molecule has 4 saturated carbocycles. The standard InChI is InChI=1S/C13H18O2S/c1-2-11(14)16-13-6-9-3-10(7-13)5-12(15,4-9)8-13/h2,9-10,15H,1,3-8H2. The number of carbonyl (C=O) groups excluding carboxylic acids is 1. The van der Waals surface area contributed by atoms with Crippen LogP contribution in [0.2, 0.25) is 0 Å². The van der Waals surface area contributed by atoms with Gasteiger partial charge in [0.25, 0.3) is 0 Å². The van der Waals surface area contributed by atoms with Crippen molar-refractivity contribution in [2.75, 3.05) is 0 Å². The van der Waals surface area contributed by atoms with Crippen LogP contribution in [-0.4, -0.2) is 20.6 Å². The fourth-order valence-electron chi connectivity index (χ4n) is 4.51. The van der Waals surface area contributed by atoms with Crippen molar-refractivity contribution in [3.05, 3.63) is 12.7 Å². The van der Waals surface area contributed by atoms with Gasteiger partial charge in [0, 0.05) is 4.75 Å². The van der Waals surface area contributed by atoms with Gasteiger partial charge in [0.15, 0.2) is 0 Å². The minimum absolute atomic E-state index is 0.0319. The molecule has 0 radical (unpaired) electrons. The van der Waals surface area contributed by atoms with Gasteiger partial charge in [-0.25, -0.2) is 0 Å². The average Bonchev–Trinajstić information content (AvgIpc) is 2.12. The van der Waals surface area contributed by atoms with Crippen LogP contribution >= 0.6 is 11.8 Å². The predicted molar refractivity (Wildman–Crippen MR) is 65.2 cm³/mol. The Bertz CT molecular complexity index is 336. The Hall–Kier alpha value is -0.280. The van der Waals surface area contributed by atoms with Gasteiger partial charge in [-0.2, -0.15) is 0 Å². The molecule has 0 aromatic rings. The minimum atomic E-state index is -0.460. The maximum atomic E-state index is 11.6. The Morgan fingerprint density at radius 2 is 1.94 bits per heavy atom. The van der Waals surface area contributed by atoms with Crippen LogP contribution in [0.25, 0.3) is 0 Å². The molecule has 4 fully saturated rings. The second kappa shape index (κ2) is 3.36. The van der Waals surface area contributed by atoms with E-state index in [-0.39, 0.29) is 9.86 Å². The fourth-order valence-corrected chi connectivity index (χ4v) is 5.99. The molecule has 0 heterocycles. The van der Waals surface area contributed by atoms with Gasteiger partial charge in [-0.05, 0) is 56.4 Å². The maximum absolute atomic E-state index is 11.6. The highest BCUT2D eigenvalue weighted by Gasteiger charge is 2.57. The first-order valence-corrected chi connectivity index (χ1v) is 6.92. The zero-order valence-corrected chi connectivity index (χ0v) is 10.3. The summed E-state index contributed by atoms with van der Waals surface area (Å²) in [6, 6.07) is 0. The van der Waals surface area contributed by atoms with Crippen LogP contribution in [0.5, 0.6) is 0 Å². The Kier molecular flexibility index (Phi) is 2.28. The zero-order valence-electron chi connectivity index (χ0n) is 9.45. The number of carbonyl (C=O) groups is 1. The smallest absolute Gasteiger partial charge is 0.212 e. The molecular formula is C13H18O2S. The third kappa shape index (κ3) is 1.65. The number of hydrogen-bond acceptors (Lipinski definition) is 3. The van der Waals surface area contributed by atoms with Crippen LogP contribution in [0.3, 0.4) is 0 Å². The van der Waals surface area contributed by atoms with Gasteiger partial charge in [-0.15, -0.1) is 0 Å². The molecular weight excluding hydrogens is 220 g/mol. The highest BCUT2D eigenvalue weighted by Crippen LogP contribution is 2.62.